The summed E-state index contributed by atoms with van der Waals surface area (Å²) in [5.74, 6) is 14.1. The zero-order chi connectivity index (χ0) is 48.5. The van der Waals surface area contributed by atoms with Crippen molar-refractivity contribution >= 4 is 22.8 Å². The first kappa shape index (κ1) is 61.0. The fourth-order valence-corrected chi connectivity index (χ4v) is 9.49. The van der Waals surface area contributed by atoms with Crippen LogP contribution in [0.2, 0.25) is 0 Å². The Kier molecular flexibility index (Phi) is 42.7. The molecule has 2 aromatic carbocycles. The Bertz CT molecular complexity index is 1620. The molecule has 0 aliphatic carbocycles. The molecule has 0 bridgehead atoms. The number of para-hydroxylation sites is 2. The maximum absolute atomic E-state index is 5.60. The monoisotopic (exact) mass is 929 g/mol. The van der Waals surface area contributed by atoms with Gasteiger partial charge in [-0.1, -0.05) is 270 Å². The van der Waals surface area contributed by atoms with Crippen LogP contribution in [0.1, 0.15) is 308 Å². The van der Waals surface area contributed by atoms with Gasteiger partial charge in [-0.25, -0.2) is 0 Å². The van der Waals surface area contributed by atoms with Crippen molar-refractivity contribution in [2.24, 2.45) is 9.98 Å². The average Bonchev–Trinajstić information content (AvgIpc) is 3.35. The van der Waals surface area contributed by atoms with E-state index >= 15 is 0 Å². The van der Waals surface area contributed by atoms with Crippen molar-refractivity contribution in [3.63, 3.8) is 0 Å². The van der Waals surface area contributed by atoms with Gasteiger partial charge in [-0.3, -0.25) is 9.98 Å². The van der Waals surface area contributed by atoms with Gasteiger partial charge in [0.1, 0.15) is 0 Å². The molecule has 382 valence electrons. The molecule has 0 saturated heterocycles. The molecule has 0 N–H and O–H groups in total. The minimum atomic E-state index is 0.894. The molecule has 0 saturated carbocycles. The summed E-state index contributed by atoms with van der Waals surface area (Å²) in [5.41, 5.74) is 7.25. The zero-order valence-electron chi connectivity index (χ0n) is 45.6. The quantitative estimate of drug-likeness (QED) is 0.0359. The van der Waals surface area contributed by atoms with E-state index in [1.165, 1.54) is 247 Å². The Hall–Kier alpha value is -3.10. The Labute approximate surface area is 424 Å². The number of hydrogen-bond acceptors (Lipinski definition) is 2. The van der Waals surface area contributed by atoms with Crippen molar-refractivity contribution < 1.29 is 0 Å². The van der Waals surface area contributed by atoms with Crippen molar-refractivity contribution in [2.75, 3.05) is 0 Å². The second kappa shape index (κ2) is 47.6. The SMILES string of the molecule is CCCCCCCCCCCC#CCCc1ccccc1N=C(CCCCC)C(CCCCCCCCCCCCCCCCC)=Nc1ccccc1CCC#CCCCCCCCCCCC. The molecule has 2 heteroatoms. The molecule has 0 radical (unpaired) electrons. The first-order valence-corrected chi connectivity index (χ1v) is 30.0. The number of aryl methyl sites for hydroxylation is 2. The van der Waals surface area contributed by atoms with Crippen molar-refractivity contribution in [1.29, 1.82) is 0 Å². The maximum Gasteiger partial charge on any atom is 0.0666 e. The van der Waals surface area contributed by atoms with E-state index in [2.05, 4.69) is 99.9 Å². The lowest BCUT2D eigenvalue weighted by Crippen LogP contribution is -2.15. The van der Waals surface area contributed by atoms with Crippen LogP contribution in [0, 0.1) is 23.7 Å². The molecule has 0 aliphatic heterocycles. The Morgan fingerprint density at radius 2 is 0.544 bits per heavy atom. The Morgan fingerprint density at radius 1 is 0.294 bits per heavy atom. The van der Waals surface area contributed by atoms with E-state index in [1.54, 1.807) is 0 Å². The molecule has 0 aromatic heterocycles. The van der Waals surface area contributed by atoms with Crippen LogP contribution in [0.15, 0.2) is 58.5 Å². The minimum Gasteiger partial charge on any atom is -0.251 e. The van der Waals surface area contributed by atoms with Crippen LogP contribution in [0.25, 0.3) is 0 Å². The number of aliphatic imine (C=N–C) groups is 2. The predicted molar refractivity (Wildman–Crippen MR) is 307 cm³/mol. The summed E-state index contributed by atoms with van der Waals surface area (Å²) >= 11 is 0. The number of hydrogen-bond donors (Lipinski definition) is 0. The van der Waals surface area contributed by atoms with Gasteiger partial charge in [0.25, 0.3) is 0 Å². The lowest BCUT2D eigenvalue weighted by molar-refractivity contribution is 0.533. The average molecular weight is 930 g/mol. The van der Waals surface area contributed by atoms with Crippen LogP contribution in [-0.2, 0) is 12.8 Å². The lowest BCUT2D eigenvalue weighted by Gasteiger charge is -2.14. The highest BCUT2D eigenvalue weighted by atomic mass is 14.8. The normalized spacial score (nSPS) is 11.7. The molecule has 0 atom stereocenters. The van der Waals surface area contributed by atoms with Gasteiger partial charge in [-0.2, -0.15) is 0 Å². The van der Waals surface area contributed by atoms with Crippen LogP contribution < -0.4 is 0 Å². The summed E-state index contributed by atoms with van der Waals surface area (Å²) in [5, 5.41) is 0. The highest BCUT2D eigenvalue weighted by Crippen LogP contribution is 2.26. The third-order valence-corrected chi connectivity index (χ3v) is 14.0. The van der Waals surface area contributed by atoms with Crippen LogP contribution in [-0.4, -0.2) is 11.4 Å². The summed E-state index contributed by atoms with van der Waals surface area (Å²) in [4.78, 5) is 11.2. The van der Waals surface area contributed by atoms with Crippen molar-refractivity contribution in [3.05, 3.63) is 59.7 Å². The molecule has 2 nitrogen and oxygen atoms in total. The van der Waals surface area contributed by atoms with Crippen LogP contribution >= 0.6 is 0 Å². The van der Waals surface area contributed by atoms with Gasteiger partial charge < -0.3 is 0 Å². The molecule has 2 aromatic rings. The van der Waals surface area contributed by atoms with E-state index < -0.39 is 0 Å². The van der Waals surface area contributed by atoms with Gasteiger partial charge in [0.2, 0.25) is 0 Å². The highest BCUT2D eigenvalue weighted by molar-refractivity contribution is 6.43. The lowest BCUT2D eigenvalue weighted by atomic mass is 9.99. The summed E-state index contributed by atoms with van der Waals surface area (Å²) in [6.07, 6.45) is 56.5. The summed E-state index contributed by atoms with van der Waals surface area (Å²) in [7, 11) is 0. The highest BCUT2D eigenvalue weighted by Gasteiger charge is 2.14. The molecule has 68 heavy (non-hydrogen) atoms. The smallest absolute Gasteiger partial charge is 0.0666 e. The van der Waals surface area contributed by atoms with Crippen molar-refractivity contribution in [1.82, 2.24) is 0 Å². The minimum absolute atomic E-state index is 0.894. The third-order valence-electron chi connectivity index (χ3n) is 14.0. The van der Waals surface area contributed by atoms with Gasteiger partial charge in [0.05, 0.1) is 22.8 Å². The fraction of sp³-hybridized carbons (Fsp3) is 0.727. The molecule has 0 spiro atoms. The number of nitrogens with zero attached hydrogens (tertiary/aromatic N) is 2. The summed E-state index contributed by atoms with van der Waals surface area (Å²) in [6, 6.07) is 17.7. The molecule has 0 amide bonds. The maximum atomic E-state index is 5.60. The Balaban J connectivity index is 2.12. The molecule has 0 heterocycles. The molecular weight excluding hydrogens is 821 g/mol. The summed E-state index contributed by atoms with van der Waals surface area (Å²) in [6.45, 7) is 9.21. The van der Waals surface area contributed by atoms with E-state index in [0.29, 0.717) is 0 Å². The Morgan fingerprint density at radius 3 is 0.882 bits per heavy atom. The standard InChI is InChI=1S/C66H108N2/c1-5-9-13-16-19-22-25-28-29-32-35-38-41-44-48-60-66(68-64-58-52-50-56-62(64)54-47-43-40-37-34-31-27-24-21-18-15-11-7-3)65(59-45-12-8-4)67-63-57-51-49-55-61(63)53-46-42-39-36-33-30-26-23-20-17-14-10-6-2/h49-52,55-58H,5-38,41,44-48,53-54,59-60H2,1-4H3. The van der Waals surface area contributed by atoms with E-state index in [1.807, 2.05) is 0 Å². The summed E-state index contributed by atoms with van der Waals surface area (Å²) < 4.78 is 0. The van der Waals surface area contributed by atoms with Crippen LogP contribution in [0.4, 0.5) is 11.4 Å². The zero-order valence-corrected chi connectivity index (χ0v) is 45.6. The van der Waals surface area contributed by atoms with Gasteiger partial charge in [-0.15, -0.1) is 23.7 Å². The molecular formula is C66H108N2. The van der Waals surface area contributed by atoms with Gasteiger partial charge in [0.15, 0.2) is 0 Å². The molecule has 0 aliphatic rings. The molecule has 0 fully saturated rings. The van der Waals surface area contributed by atoms with E-state index in [0.717, 1.165) is 69.2 Å². The van der Waals surface area contributed by atoms with Crippen LogP contribution in [0.5, 0.6) is 0 Å². The van der Waals surface area contributed by atoms with Crippen molar-refractivity contribution in [2.45, 2.75) is 310 Å². The van der Waals surface area contributed by atoms with E-state index in [4.69, 9.17) is 9.98 Å². The first-order valence-electron chi connectivity index (χ1n) is 30.0. The number of benzene rings is 2. The molecule has 2 rings (SSSR count). The van der Waals surface area contributed by atoms with Gasteiger partial charge in [-0.05, 0) is 74.6 Å². The number of rotatable bonds is 45. The van der Waals surface area contributed by atoms with Gasteiger partial charge >= 0.3 is 0 Å². The topological polar surface area (TPSA) is 24.7 Å². The first-order chi connectivity index (χ1) is 33.7. The second-order valence-corrected chi connectivity index (χ2v) is 20.4. The second-order valence-electron chi connectivity index (χ2n) is 20.4. The third kappa shape index (κ3) is 35.1. The molecule has 0 unspecified atom stereocenters. The fourth-order valence-electron chi connectivity index (χ4n) is 9.49. The van der Waals surface area contributed by atoms with Gasteiger partial charge in [0, 0.05) is 25.7 Å². The van der Waals surface area contributed by atoms with Crippen molar-refractivity contribution in [3.8, 4) is 23.7 Å². The number of unbranched alkanes of at least 4 members (excludes halogenated alkanes) is 34. The van der Waals surface area contributed by atoms with E-state index in [-0.39, 0.29) is 0 Å². The predicted octanol–water partition coefficient (Wildman–Crippen LogP) is 22.1. The largest absolute Gasteiger partial charge is 0.251 e. The van der Waals surface area contributed by atoms with Crippen LogP contribution in [0.3, 0.4) is 0 Å². The van der Waals surface area contributed by atoms with E-state index in [9.17, 15) is 0 Å².